The minimum absolute atomic E-state index is 0.740. The fourth-order valence-corrected chi connectivity index (χ4v) is 2.15. The molecular formula is C14H23NOS. The second kappa shape index (κ2) is 9.37. The molecule has 0 heterocycles. The molecule has 0 aliphatic heterocycles. The highest BCUT2D eigenvalue weighted by Gasteiger charge is 1.93. The van der Waals surface area contributed by atoms with Crippen LogP contribution in [0.4, 0.5) is 0 Å². The molecule has 0 aliphatic carbocycles. The Labute approximate surface area is 109 Å². The largest absolute Gasteiger partial charge is 0.492 e. The van der Waals surface area contributed by atoms with Gasteiger partial charge in [-0.3, -0.25) is 0 Å². The van der Waals surface area contributed by atoms with Crippen molar-refractivity contribution in [3.8, 4) is 5.75 Å². The first kappa shape index (κ1) is 14.4. The van der Waals surface area contributed by atoms with Gasteiger partial charge in [0.15, 0.2) is 0 Å². The molecule has 0 saturated heterocycles. The van der Waals surface area contributed by atoms with Gasteiger partial charge in [0.1, 0.15) is 12.4 Å². The van der Waals surface area contributed by atoms with E-state index in [1.807, 2.05) is 23.9 Å². The average Bonchev–Trinajstić information content (AvgIpc) is 2.33. The van der Waals surface area contributed by atoms with Gasteiger partial charge in [0.2, 0.25) is 0 Å². The van der Waals surface area contributed by atoms with Gasteiger partial charge in [-0.1, -0.05) is 19.1 Å². The van der Waals surface area contributed by atoms with Crippen LogP contribution in [0.15, 0.2) is 24.3 Å². The van der Waals surface area contributed by atoms with E-state index in [4.69, 9.17) is 4.74 Å². The van der Waals surface area contributed by atoms with Crippen LogP contribution in [-0.4, -0.2) is 31.2 Å². The van der Waals surface area contributed by atoms with Crippen LogP contribution in [0.5, 0.6) is 5.75 Å². The standard InChI is InChI=1S/C14H23NOS/c1-3-17-11-5-8-15-9-10-16-14-7-4-6-13(2)12-14/h4,6-7,12,15H,3,5,8-11H2,1-2H3. The van der Waals surface area contributed by atoms with Gasteiger partial charge in [0.05, 0.1) is 0 Å². The van der Waals surface area contributed by atoms with E-state index in [0.717, 1.165) is 25.4 Å². The Morgan fingerprint density at radius 3 is 2.94 bits per heavy atom. The molecule has 3 heteroatoms. The number of hydrogen-bond donors (Lipinski definition) is 1. The average molecular weight is 253 g/mol. The molecule has 0 aliphatic rings. The highest BCUT2D eigenvalue weighted by atomic mass is 32.2. The Kier molecular flexibility index (Phi) is 7.93. The van der Waals surface area contributed by atoms with Crippen molar-refractivity contribution >= 4 is 11.8 Å². The van der Waals surface area contributed by atoms with Crippen LogP contribution in [0.3, 0.4) is 0 Å². The summed E-state index contributed by atoms with van der Waals surface area (Å²) < 4.78 is 5.65. The Balaban J connectivity index is 1.97. The lowest BCUT2D eigenvalue weighted by Gasteiger charge is -2.07. The summed E-state index contributed by atoms with van der Waals surface area (Å²) in [7, 11) is 0. The molecule has 96 valence electrons. The fraction of sp³-hybridized carbons (Fsp3) is 0.571. The third-order valence-corrected chi connectivity index (χ3v) is 3.37. The summed E-state index contributed by atoms with van der Waals surface area (Å²) in [6, 6.07) is 8.18. The summed E-state index contributed by atoms with van der Waals surface area (Å²) in [6.45, 7) is 7.03. The highest BCUT2D eigenvalue weighted by Crippen LogP contribution is 2.11. The number of aryl methyl sites for hydroxylation is 1. The van der Waals surface area contributed by atoms with Crippen LogP contribution in [0, 0.1) is 6.92 Å². The summed E-state index contributed by atoms with van der Waals surface area (Å²) in [5, 5.41) is 3.39. The van der Waals surface area contributed by atoms with Crippen LogP contribution < -0.4 is 10.1 Å². The van der Waals surface area contributed by atoms with Crippen molar-refractivity contribution in [1.82, 2.24) is 5.32 Å². The van der Waals surface area contributed by atoms with Gasteiger partial charge < -0.3 is 10.1 Å². The lowest BCUT2D eigenvalue weighted by atomic mass is 10.2. The zero-order valence-electron chi connectivity index (χ0n) is 10.9. The van der Waals surface area contributed by atoms with Crippen molar-refractivity contribution in [2.75, 3.05) is 31.2 Å². The molecular weight excluding hydrogens is 230 g/mol. The van der Waals surface area contributed by atoms with E-state index in [9.17, 15) is 0 Å². The molecule has 0 aromatic heterocycles. The van der Waals surface area contributed by atoms with Crippen molar-refractivity contribution < 1.29 is 4.74 Å². The van der Waals surface area contributed by atoms with E-state index in [-0.39, 0.29) is 0 Å². The summed E-state index contributed by atoms with van der Waals surface area (Å²) >= 11 is 2.00. The Hall–Kier alpha value is -0.670. The zero-order valence-corrected chi connectivity index (χ0v) is 11.7. The second-order valence-corrected chi connectivity index (χ2v) is 5.36. The summed E-state index contributed by atoms with van der Waals surface area (Å²) in [5.74, 6) is 3.44. The van der Waals surface area contributed by atoms with Crippen LogP contribution in [0.1, 0.15) is 18.9 Å². The van der Waals surface area contributed by atoms with Crippen molar-refractivity contribution in [2.24, 2.45) is 0 Å². The SMILES string of the molecule is CCSCCCNCCOc1cccc(C)c1. The minimum atomic E-state index is 0.740. The molecule has 2 nitrogen and oxygen atoms in total. The molecule has 0 radical (unpaired) electrons. The molecule has 0 bridgehead atoms. The topological polar surface area (TPSA) is 21.3 Å². The predicted molar refractivity (Wildman–Crippen MR) is 77.2 cm³/mol. The van der Waals surface area contributed by atoms with Gasteiger partial charge in [-0.25, -0.2) is 0 Å². The maximum atomic E-state index is 5.65. The molecule has 0 saturated carbocycles. The van der Waals surface area contributed by atoms with Crippen molar-refractivity contribution in [3.05, 3.63) is 29.8 Å². The summed E-state index contributed by atoms with van der Waals surface area (Å²) in [4.78, 5) is 0. The third-order valence-electron chi connectivity index (χ3n) is 2.38. The number of nitrogens with one attached hydrogen (secondary N) is 1. The molecule has 1 rings (SSSR count). The quantitative estimate of drug-likeness (QED) is 0.683. The Morgan fingerprint density at radius 2 is 2.18 bits per heavy atom. The summed E-state index contributed by atoms with van der Waals surface area (Å²) in [5.41, 5.74) is 1.24. The van der Waals surface area contributed by atoms with Crippen molar-refractivity contribution in [2.45, 2.75) is 20.3 Å². The molecule has 1 aromatic carbocycles. The molecule has 0 unspecified atom stereocenters. The Bertz CT molecular complexity index is 304. The molecule has 0 amide bonds. The number of rotatable bonds is 9. The number of hydrogen-bond acceptors (Lipinski definition) is 3. The van der Waals surface area contributed by atoms with Gasteiger partial charge in [-0.2, -0.15) is 11.8 Å². The second-order valence-electron chi connectivity index (χ2n) is 3.97. The van der Waals surface area contributed by atoms with Gasteiger partial charge in [-0.05, 0) is 49.1 Å². The third kappa shape index (κ3) is 7.29. The fourth-order valence-electron chi connectivity index (χ4n) is 1.51. The Morgan fingerprint density at radius 1 is 1.29 bits per heavy atom. The van der Waals surface area contributed by atoms with Crippen LogP contribution in [0.2, 0.25) is 0 Å². The van der Waals surface area contributed by atoms with Crippen molar-refractivity contribution in [3.63, 3.8) is 0 Å². The maximum absolute atomic E-state index is 5.65. The lowest BCUT2D eigenvalue weighted by Crippen LogP contribution is -2.22. The zero-order chi connectivity index (χ0) is 12.3. The van der Waals surface area contributed by atoms with E-state index in [1.54, 1.807) is 0 Å². The normalized spacial score (nSPS) is 10.5. The van der Waals surface area contributed by atoms with E-state index < -0.39 is 0 Å². The van der Waals surface area contributed by atoms with Crippen LogP contribution in [0.25, 0.3) is 0 Å². The van der Waals surface area contributed by atoms with Crippen LogP contribution >= 0.6 is 11.8 Å². The minimum Gasteiger partial charge on any atom is -0.492 e. The van der Waals surface area contributed by atoms with Gasteiger partial charge in [0.25, 0.3) is 0 Å². The molecule has 1 aromatic rings. The smallest absolute Gasteiger partial charge is 0.119 e. The maximum Gasteiger partial charge on any atom is 0.119 e. The van der Waals surface area contributed by atoms with E-state index in [1.165, 1.54) is 23.5 Å². The predicted octanol–water partition coefficient (Wildman–Crippen LogP) is 3.11. The van der Waals surface area contributed by atoms with E-state index in [0.29, 0.717) is 0 Å². The van der Waals surface area contributed by atoms with Gasteiger partial charge in [-0.15, -0.1) is 0 Å². The monoisotopic (exact) mass is 253 g/mol. The summed E-state index contributed by atoms with van der Waals surface area (Å²) in [6.07, 6.45) is 1.24. The molecule has 0 atom stereocenters. The molecule has 0 spiro atoms. The van der Waals surface area contributed by atoms with E-state index >= 15 is 0 Å². The first-order valence-electron chi connectivity index (χ1n) is 6.31. The first-order chi connectivity index (χ1) is 8.33. The van der Waals surface area contributed by atoms with Gasteiger partial charge >= 0.3 is 0 Å². The van der Waals surface area contributed by atoms with Crippen molar-refractivity contribution in [1.29, 1.82) is 0 Å². The van der Waals surface area contributed by atoms with Gasteiger partial charge in [0, 0.05) is 6.54 Å². The number of thioether (sulfide) groups is 1. The molecule has 0 fully saturated rings. The van der Waals surface area contributed by atoms with Crippen LogP contribution in [-0.2, 0) is 0 Å². The molecule has 1 N–H and O–H groups in total. The molecule has 17 heavy (non-hydrogen) atoms. The lowest BCUT2D eigenvalue weighted by molar-refractivity contribution is 0.314. The number of ether oxygens (including phenoxy) is 1. The number of benzene rings is 1. The van der Waals surface area contributed by atoms with E-state index in [2.05, 4.69) is 31.3 Å². The first-order valence-corrected chi connectivity index (χ1v) is 7.46. The highest BCUT2D eigenvalue weighted by molar-refractivity contribution is 7.99.